The second-order valence-corrected chi connectivity index (χ2v) is 7.41. The SMILES string of the molecule is N#CCC1(CS(=O)(=O)c2cc(C(=O)O)ccc2Cl)CC1. The molecular weight excluding hydrogens is 302 g/mol. The van der Waals surface area contributed by atoms with Crippen molar-refractivity contribution in [3.05, 3.63) is 28.8 Å². The number of nitrogens with zero attached hydrogens (tertiary/aromatic N) is 1. The number of sulfone groups is 1. The van der Waals surface area contributed by atoms with E-state index < -0.39 is 21.2 Å². The molecule has 20 heavy (non-hydrogen) atoms. The number of halogens is 1. The lowest BCUT2D eigenvalue weighted by Crippen LogP contribution is -2.18. The first kappa shape index (κ1) is 14.8. The molecule has 0 bridgehead atoms. The predicted molar refractivity (Wildman–Crippen MR) is 72.4 cm³/mol. The molecule has 0 saturated heterocycles. The molecule has 1 saturated carbocycles. The van der Waals surface area contributed by atoms with Gasteiger partial charge >= 0.3 is 5.97 Å². The molecule has 106 valence electrons. The molecule has 0 aliphatic heterocycles. The van der Waals surface area contributed by atoms with Gasteiger partial charge in [0.15, 0.2) is 9.84 Å². The maximum atomic E-state index is 12.4. The van der Waals surface area contributed by atoms with Crippen molar-refractivity contribution in [1.29, 1.82) is 5.26 Å². The Labute approximate surface area is 121 Å². The summed E-state index contributed by atoms with van der Waals surface area (Å²) in [5.74, 6) is -1.38. The molecule has 0 radical (unpaired) electrons. The quantitative estimate of drug-likeness (QED) is 0.901. The molecule has 5 nitrogen and oxygen atoms in total. The zero-order valence-electron chi connectivity index (χ0n) is 10.5. The van der Waals surface area contributed by atoms with Crippen molar-refractivity contribution < 1.29 is 18.3 Å². The topological polar surface area (TPSA) is 95.2 Å². The van der Waals surface area contributed by atoms with Gasteiger partial charge in [0.1, 0.15) is 0 Å². The Balaban J connectivity index is 2.37. The van der Waals surface area contributed by atoms with E-state index in [0.29, 0.717) is 12.8 Å². The Bertz CT molecular complexity index is 702. The molecule has 1 aromatic carbocycles. The van der Waals surface area contributed by atoms with Gasteiger partial charge < -0.3 is 5.11 Å². The van der Waals surface area contributed by atoms with Crippen molar-refractivity contribution in [3.8, 4) is 6.07 Å². The van der Waals surface area contributed by atoms with Gasteiger partial charge in [-0.05, 0) is 36.5 Å². The number of nitriles is 1. The predicted octanol–water partition coefficient (Wildman–Crippen LogP) is 2.51. The highest BCUT2D eigenvalue weighted by Crippen LogP contribution is 2.50. The zero-order valence-corrected chi connectivity index (χ0v) is 12.0. The molecule has 0 atom stereocenters. The molecule has 2 rings (SSSR count). The van der Waals surface area contributed by atoms with Crippen molar-refractivity contribution in [3.63, 3.8) is 0 Å². The van der Waals surface area contributed by atoms with Gasteiger partial charge in [0, 0.05) is 6.42 Å². The normalized spacial score (nSPS) is 16.4. The summed E-state index contributed by atoms with van der Waals surface area (Å²) < 4.78 is 24.7. The number of rotatable bonds is 5. The van der Waals surface area contributed by atoms with Gasteiger partial charge in [0.05, 0.1) is 27.3 Å². The average Bonchev–Trinajstić information content (AvgIpc) is 3.08. The van der Waals surface area contributed by atoms with Crippen molar-refractivity contribution in [2.75, 3.05) is 5.75 Å². The van der Waals surface area contributed by atoms with E-state index in [1.165, 1.54) is 12.1 Å². The van der Waals surface area contributed by atoms with Crippen molar-refractivity contribution >= 4 is 27.4 Å². The highest BCUT2D eigenvalue weighted by atomic mass is 35.5. The molecule has 1 aliphatic carbocycles. The van der Waals surface area contributed by atoms with Crippen molar-refractivity contribution in [2.45, 2.75) is 24.2 Å². The molecule has 0 aromatic heterocycles. The number of carbonyl (C=O) groups is 1. The maximum absolute atomic E-state index is 12.4. The average molecular weight is 314 g/mol. The van der Waals surface area contributed by atoms with E-state index >= 15 is 0 Å². The van der Waals surface area contributed by atoms with Crippen LogP contribution < -0.4 is 0 Å². The van der Waals surface area contributed by atoms with E-state index in [1.54, 1.807) is 0 Å². The van der Waals surface area contributed by atoms with E-state index in [9.17, 15) is 13.2 Å². The van der Waals surface area contributed by atoms with Crippen LogP contribution in [-0.2, 0) is 9.84 Å². The summed E-state index contributed by atoms with van der Waals surface area (Å²) in [7, 11) is -3.71. The summed E-state index contributed by atoms with van der Waals surface area (Å²) in [6.45, 7) is 0. The van der Waals surface area contributed by atoms with Crippen LogP contribution in [0.25, 0.3) is 0 Å². The lowest BCUT2D eigenvalue weighted by Gasteiger charge is -2.13. The molecule has 0 unspecified atom stereocenters. The second-order valence-electron chi connectivity index (χ2n) is 5.04. The van der Waals surface area contributed by atoms with Crippen LogP contribution in [0.5, 0.6) is 0 Å². The van der Waals surface area contributed by atoms with Crippen LogP contribution >= 0.6 is 11.6 Å². The smallest absolute Gasteiger partial charge is 0.335 e. The van der Waals surface area contributed by atoms with Crippen LogP contribution in [0.4, 0.5) is 0 Å². The summed E-state index contributed by atoms with van der Waals surface area (Å²) in [5.41, 5.74) is -0.617. The standard InChI is InChI=1S/C13H12ClNO4S/c14-10-2-1-9(12(16)17)7-11(10)20(18,19)8-13(3-4-13)5-6-15/h1-2,7H,3-5,8H2,(H,16,17). The highest BCUT2D eigenvalue weighted by molar-refractivity contribution is 7.91. The third-order valence-corrected chi connectivity index (χ3v) is 5.86. The molecule has 1 N–H and O–H groups in total. The number of aromatic carboxylic acids is 1. The number of benzene rings is 1. The van der Waals surface area contributed by atoms with Crippen LogP contribution in [0.2, 0.25) is 5.02 Å². The van der Waals surface area contributed by atoms with Gasteiger partial charge in [-0.1, -0.05) is 11.6 Å². The first-order chi connectivity index (χ1) is 9.30. The summed E-state index contributed by atoms with van der Waals surface area (Å²) in [5, 5.41) is 17.6. The summed E-state index contributed by atoms with van der Waals surface area (Å²) in [4.78, 5) is 10.7. The Morgan fingerprint density at radius 1 is 1.45 bits per heavy atom. The van der Waals surface area contributed by atoms with E-state index in [2.05, 4.69) is 0 Å². The highest BCUT2D eigenvalue weighted by Gasteiger charge is 2.46. The van der Waals surface area contributed by atoms with Crippen LogP contribution in [-0.4, -0.2) is 25.2 Å². The fourth-order valence-electron chi connectivity index (χ4n) is 2.07. The van der Waals surface area contributed by atoms with E-state index in [4.69, 9.17) is 22.0 Å². The van der Waals surface area contributed by atoms with E-state index in [1.807, 2.05) is 6.07 Å². The zero-order chi connectivity index (χ0) is 15.0. The van der Waals surface area contributed by atoms with Crippen LogP contribution in [0.1, 0.15) is 29.6 Å². The molecule has 0 heterocycles. The summed E-state index contributed by atoms with van der Waals surface area (Å²) >= 11 is 5.87. The van der Waals surface area contributed by atoms with Gasteiger partial charge in [0.25, 0.3) is 0 Å². The molecule has 0 amide bonds. The third kappa shape index (κ3) is 2.94. The summed E-state index contributed by atoms with van der Waals surface area (Å²) in [6.07, 6.45) is 1.56. The summed E-state index contributed by atoms with van der Waals surface area (Å²) in [6, 6.07) is 5.59. The first-order valence-electron chi connectivity index (χ1n) is 5.92. The number of carboxylic acid groups (broad SMARTS) is 1. The van der Waals surface area contributed by atoms with Crippen molar-refractivity contribution in [2.24, 2.45) is 5.41 Å². The molecule has 7 heteroatoms. The number of hydrogen-bond donors (Lipinski definition) is 1. The molecule has 0 spiro atoms. The molecular formula is C13H12ClNO4S. The van der Waals surface area contributed by atoms with E-state index in [0.717, 1.165) is 6.07 Å². The molecule has 1 aliphatic rings. The fraction of sp³-hybridized carbons (Fsp3) is 0.385. The van der Waals surface area contributed by atoms with Crippen molar-refractivity contribution in [1.82, 2.24) is 0 Å². The Morgan fingerprint density at radius 2 is 2.10 bits per heavy atom. The largest absolute Gasteiger partial charge is 0.478 e. The van der Waals surface area contributed by atoms with E-state index in [-0.39, 0.29) is 27.7 Å². The minimum atomic E-state index is -3.71. The first-order valence-corrected chi connectivity index (χ1v) is 7.95. The van der Waals surface area contributed by atoms with Crippen LogP contribution in [0, 0.1) is 16.7 Å². The fourth-order valence-corrected chi connectivity index (χ4v) is 4.57. The van der Waals surface area contributed by atoms with Gasteiger partial charge in [-0.25, -0.2) is 13.2 Å². The lowest BCUT2D eigenvalue weighted by atomic mass is 10.1. The Kier molecular flexibility index (Phi) is 3.76. The molecule has 1 aromatic rings. The van der Waals surface area contributed by atoms with Gasteiger partial charge in [-0.2, -0.15) is 5.26 Å². The van der Waals surface area contributed by atoms with Gasteiger partial charge in [-0.15, -0.1) is 0 Å². The lowest BCUT2D eigenvalue weighted by molar-refractivity contribution is 0.0696. The Hall–Kier alpha value is -1.58. The number of hydrogen-bond acceptors (Lipinski definition) is 4. The maximum Gasteiger partial charge on any atom is 0.335 e. The minimum Gasteiger partial charge on any atom is -0.478 e. The Morgan fingerprint density at radius 3 is 2.60 bits per heavy atom. The van der Waals surface area contributed by atoms with Crippen LogP contribution in [0.3, 0.4) is 0 Å². The third-order valence-electron chi connectivity index (χ3n) is 3.42. The minimum absolute atomic E-state index is 0.00255. The number of carboxylic acids is 1. The monoisotopic (exact) mass is 313 g/mol. The molecule has 1 fully saturated rings. The van der Waals surface area contributed by atoms with Crippen LogP contribution in [0.15, 0.2) is 23.1 Å². The second kappa shape index (κ2) is 5.08. The van der Waals surface area contributed by atoms with Gasteiger partial charge in [-0.3, -0.25) is 0 Å². The van der Waals surface area contributed by atoms with Gasteiger partial charge in [0.2, 0.25) is 0 Å².